The summed E-state index contributed by atoms with van der Waals surface area (Å²) in [6, 6.07) is 27.9. The minimum atomic E-state index is -2.70. The topological polar surface area (TPSA) is 46.2 Å². The van der Waals surface area contributed by atoms with E-state index in [0.717, 1.165) is 29.9 Å². The number of benzene rings is 3. The molecule has 0 saturated carbocycles. The molecule has 2 unspecified atom stereocenters. The van der Waals surface area contributed by atoms with Crippen LogP contribution in [-0.2, 0) is 13.9 Å². The molecule has 3 aromatic carbocycles. The fourth-order valence-electron chi connectivity index (χ4n) is 9.67. The normalized spacial score (nSPS) is 15.5. The number of rotatable bonds is 40. The largest absolute Gasteiger partial charge is 0.493 e. The van der Waals surface area contributed by atoms with Crippen LogP contribution in [0.4, 0.5) is 0 Å². The molecule has 0 radical (unpaired) electrons. The second-order valence-electron chi connectivity index (χ2n) is 20.7. The van der Waals surface area contributed by atoms with Crippen molar-refractivity contribution in [1.29, 1.82) is 0 Å². The van der Waals surface area contributed by atoms with Crippen LogP contribution in [0.15, 0.2) is 103 Å². The highest BCUT2D eigenvalue weighted by atomic mass is 28.4. The van der Waals surface area contributed by atoms with E-state index < -0.39 is 14.6 Å². The summed E-state index contributed by atoms with van der Waals surface area (Å²) in [6.07, 6.45) is 45.2. The number of hydrogen-bond donors (Lipinski definition) is 0. The molecule has 4 rings (SSSR count). The summed E-state index contributed by atoms with van der Waals surface area (Å²) in [7, 11) is -2.70. The molecule has 0 aromatic heterocycles. The van der Waals surface area contributed by atoms with Gasteiger partial charge in [-0.3, -0.25) is 0 Å². The van der Waals surface area contributed by atoms with Crippen LogP contribution in [0.2, 0.25) is 5.04 Å². The summed E-state index contributed by atoms with van der Waals surface area (Å²) >= 11 is 0. The van der Waals surface area contributed by atoms with E-state index in [2.05, 4.69) is 138 Å². The smallest absolute Gasteiger partial charge is 0.261 e. The summed E-state index contributed by atoms with van der Waals surface area (Å²) < 4.78 is 33.2. The van der Waals surface area contributed by atoms with Crippen LogP contribution >= 0.6 is 0 Å². The SMILES string of the molecule is CCCCCCCC/C=C\CCCCCCCCOc1cc(OCCCCCCCC/C=C\CCCCCCCC)cc(C2OCC(CO[Si](c3ccccc3)(c3ccccc3)C(C)(C)C)O2)c1. The van der Waals surface area contributed by atoms with Crippen molar-refractivity contribution in [2.75, 3.05) is 26.4 Å². The molecule has 1 aliphatic heterocycles. The van der Waals surface area contributed by atoms with E-state index in [4.69, 9.17) is 23.4 Å². The van der Waals surface area contributed by atoms with E-state index in [1.54, 1.807) is 0 Å². The minimum absolute atomic E-state index is 0.111. The highest BCUT2D eigenvalue weighted by molar-refractivity contribution is 6.99. The first-order valence-corrected chi connectivity index (χ1v) is 30.0. The van der Waals surface area contributed by atoms with Crippen molar-refractivity contribution in [3.8, 4) is 11.5 Å². The molecule has 3 aromatic rings. The Labute approximate surface area is 418 Å². The molecular weight excluding hydrogens is 853 g/mol. The first kappa shape index (κ1) is 57.4. The number of ether oxygens (including phenoxy) is 4. The molecule has 0 spiro atoms. The van der Waals surface area contributed by atoms with Gasteiger partial charge in [0.05, 0.1) is 26.4 Å². The average molecular weight is 952 g/mol. The first-order valence-electron chi connectivity index (χ1n) is 28.1. The molecule has 0 bridgehead atoms. The van der Waals surface area contributed by atoms with Crippen molar-refractivity contribution in [1.82, 2.24) is 0 Å². The highest BCUT2D eigenvalue weighted by Gasteiger charge is 2.50. The standard InChI is InChI=1S/C62H98O5Si/c1-6-8-10-12-14-16-18-20-22-24-26-28-30-32-34-42-48-63-56-50-55(51-57(52-56)64-49-43-35-33-31-29-27-25-23-21-19-17-15-13-11-9-7-2)61-65-53-58(67-61)54-66-68(62(3,4)5,59-44-38-36-39-45-59)60-46-40-37-41-47-60/h20-23,36-41,44-47,50-52,58,61H,6-19,24-35,42-43,48-49,53-54H2,1-5H3/b22-20-,23-21-. The molecule has 1 fully saturated rings. The Morgan fingerprint density at radius 2 is 0.882 bits per heavy atom. The molecule has 2 atom stereocenters. The molecule has 0 amide bonds. The zero-order valence-electron chi connectivity index (χ0n) is 44.1. The third-order valence-corrected chi connectivity index (χ3v) is 18.7. The lowest BCUT2D eigenvalue weighted by Crippen LogP contribution is -2.67. The van der Waals surface area contributed by atoms with Gasteiger partial charge in [0, 0.05) is 11.6 Å². The van der Waals surface area contributed by atoms with Gasteiger partial charge in [0.15, 0.2) is 6.29 Å². The number of hydrogen-bond acceptors (Lipinski definition) is 5. The van der Waals surface area contributed by atoms with E-state index >= 15 is 0 Å². The van der Waals surface area contributed by atoms with Crippen LogP contribution in [-0.4, -0.2) is 40.8 Å². The fraction of sp³-hybridized carbons (Fsp3) is 0.645. The van der Waals surface area contributed by atoms with E-state index in [1.807, 2.05) is 0 Å². The molecule has 5 nitrogen and oxygen atoms in total. The monoisotopic (exact) mass is 951 g/mol. The molecule has 380 valence electrons. The zero-order chi connectivity index (χ0) is 48.2. The van der Waals surface area contributed by atoms with Gasteiger partial charge in [-0.1, -0.05) is 235 Å². The Morgan fingerprint density at radius 3 is 1.28 bits per heavy atom. The first-order chi connectivity index (χ1) is 33.4. The van der Waals surface area contributed by atoms with Gasteiger partial charge in [-0.05, 0) is 91.8 Å². The van der Waals surface area contributed by atoms with Crippen molar-refractivity contribution in [3.05, 3.63) is 109 Å². The summed E-state index contributed by atoms with van der Waals surface area (Å²) in [5.41, 5.74) is 0.937. The van der Waals surface area contributed by atoms with Crippen LogP contribution in [0.25, 0.3) is 0 Å². The van der Waals surface area contributed by atoms with E-state index in [0.29, 0.717) is 26.4 Å². The highest BCUT2D eigenvalue weighted by Crippen LogP contribution is 2.38. The van der Waals surface area contributed by atoms with Crippen LogP contribution < -0.4 is 19.8 Å². The summed E-state index contributed by atoms with van der Waals surface area (Å²) in [5, 5.41) is 2.43. The second-order valence-corrected chi connectivity index (χ2v) is 25.0. The Morgan fingerprint density at radius 1 is 0.500 bits per heavy atom. The fourth-order valence-corrected chi connectivity index (χ4v) is 14.3. The van der Waals surface area contributed by atoms with Gasteiger partial charge < -0.3 is 23.4 Å². The van der Waals surface area contributed by atoms with Crippen LogP contribution in [0, 0.1) is 0 Å². The lowest BCUT2D eigenvalue weighted by atomic mass is 10.1. The second kappa shape index (κ2) is 35.9. The van der Waals surface area contributed by atoms with Gasteiger partial charge in [-0.25, -0.2) is 0 Å². The van der Waals surface area contributed by atoms with E-state index in [9.17, 15) is 0 Å². The molecule has 0 N–H and O–H groups in total. The van der Waals surface area contributed by atoms with E-state index in [1.165, 1.54) is 177 Å². The van der Waals surface area contributed by atoms with Crippen LogP contribution in [0.1, 0.15) is 226 Å². The minimum Gasteiger partial charge on any atom is -0.493 e. The van der Waals surface area contributed by atoms with Gasteiger partial charge >= 0.3 is 0 Å². The third-order valence-electron chi connectivity index (χ3n) is 13.7. The predicted octanol–water partition coefficient (Wildman–Crippen LogP) is 17.5. The van der Waals surface area contributed by atoms with Gasteiger partial charge in [0.2, 0.25) is 0 Å². The van der Waals surface area contributed by atoms with Crippen LogP contribution in [0.3, 0.4) is 0 Å². The van der Waals surface area contributed by atoms with Crippen molar-refractivity contribution >= 4 is 18.7 Å². The molecule has 1 saturated heterocycles. The third kappa shape index (κ3) is 22.7. The predicted molar refractivity (Wildman–Crippen MR) is 293 cm³/mol. The maximum Gasteiger partial charge on any atom is 0.261 e. The van der Waals surface area contributed by atoms with Gasteiger partial charge in [0.1, 0.15) is 17.6 Å². The van der Waals surface area contributed by atoms with Crippen LogP contribution in [0.5, 0.6) is 11.5 Å². The summed E-state index contributed by atoms with van der Waals surface area (Å²) in [4.78, 5) is 0. The number of unbranched alkanes of at least 4 members (excludes halogenated alkanes) is 24. The molecule has 0 aliphatic carbocycles. The lowest BCUT2D eigenvalue weighted by molar-refractivity contribution is -0.0666. The Balaban J connectivity index is 1.24. The summed E-state index contributed by atoms with van der Waals surface area (Å²) in [5.74, 6) is 1.65. The van der Waals surface area contributed by atoms with Crippen molar-refractivity contribution in [2.45, 2.75) is 232 Å². The molecule has 1 aliphatic rings. The molecule has 6 heteroatoms. The zero-order valence-corrected chi connectivity index (χ0v) is 45.1. The maximum atomic E-state index is 7.25. The summed E-state index contributed by atoms with van der Waals surface area (Å²) in [6.45, 7) is 13.8. The molecule has 1 heterocycles. The quantitative estimate of drug-likeness (QED) is 0.0323. The van der Waals surface area contributed by atoms with Gasteiger partial charge in [0.25, 0.3) is 8.32 Å². The molecular formula is C62H98O5Si. The van der Waals surface area contributed by atoms with Gasteiger partial charge in [-0.15, -0.1) is 0 Å². The average Bonchev–Trinajstić information content (AvgIpc) is 3.83. The van der Waals surface area contributed by atoms with Crippen molar-refractivity contribution < 1.29 is 23.4 Å². The Hall–Kier alpha value is -3.16. The Bertz CT molecular complexity index is 1620. The van der Waals surface area contributed by atoms with Gasteiger partial charge in [-0.2, -0.15) is 0 Å². The Kier molecular flexibility index (Phi) is 30.3. The maximum absolute atomic E-state index is 7.25. The lowest BCUT2D eigenvalue weighted by Gasteiger charge is -2.43. The molecule has 68 heavy (non-hydrogen) atoms. The number of allylic oxidation sites excluding steroid dienone is 4. The van der Waals surface area contributed by atoms with E-state index in [-0.39, 0.29) is 11.1 Å². The van der Waals surface area contributed by atoms with Crippen molar-refractivity contribution in [3.63, 3.8) is 0 Å². The van der Waals surface area contributed by atoms with Crippen molar-refractivity contribution in [2.24, 2.45) is 0 Å².